The summed E-state index contributed by atoms with van der Waals surface area (Å²) >= 11 is 0. The van der Waals surface area contributed by atoms with Crippen molar-refractivity contribution >= 4 is 51.9 Å². The van der Waals surface area contributed by atoms with Gasteiger partial charge in [0.05, 0.1) is 18.0 Å². The molecule has 14 heteroatoms. The predicted octanol–water partition coefficient (Wildman–Crippen LogP) is 3.84. The molecule has 0 radical (unpaired) electrons. The Morgan fingerprint density at radius 3 is 2.31 bits per heavy atom. The molecule has 3 amide bonds. The van der Waals surface area contributed by atoms with Gasteiger partial charge >= 0.3 is 6.09 Å². The van der Waals surface area contributed by atoms with Crippen molar-refractivity contribution in [3.63, 3.8) is 0 Å². The number of hydrogen-bond acceptors (Lipinski definition) is 10. The van der Waals surface area contributed by atoms with Crippen molar-refractivity contribution in [2.45, 2.75) is 39.7 Å². The van der Waals surface area contributed by atoms with Crippen molar-refractivity contribution < 1.29 is 23.9 Å². The number of anilines is 3. The van der Waals surface area contributed by atoms with Gasteiger partial charge in [0.1, 0.15) is 5.60 Å². The zero-order chi connectivity index (χ0) is 34.7. The second kappa shape index (κ2) is 14.0. The average molecular weight is 668 g/mol. The number of fused-ring (bicyclic) bond motifs is 1. The molecule has 0 bridgehead atoms. The number of amides is 3. The van der Waals surface area contributed by atoms with E-state index in [1.165, 1.54) is 6.92 Å². The van der Waals surface area contributed by atoms with E-state index < -0.39 is 11.7 Å². The number of carbonyl (C=O) groups excluding carboxylic acids is 4. The first kappa shape index (κ1) is 33.5. The summed E-state index contributed by atoms with van der Waals surface area (Å²) in [6, 6.07) is 15.0. The SMILES string of the molecule is CC(=O)Nc1nn(C(=O)OC(C)(C)C)c2ccc(NC(=O)C3CCN(CC(=O)N4CCN(c5ccc(-c6ncccn6)cc5)CC4)C3)cc12. The van der Waals surface area contributed by atoms with Crippen LogP contribution in [-0.2, 0) is 19.1 Å². The summed E-state index contributed by atoms with van der Waals surface area (Å²) in [7, 11) is 0. The zero-order valence-corrected chi connectivity index (χ0v) is 28.2. The maximum absolute atomic E-state index is 13.3. The molecule has 2 N–H and O–H groups in total. The highest BCUT2D eigenvalue weighted by Gasteiger charge is 2.31. The number of hydrogen-bond donors (Lipinski definition) is 2. The number of aromatic nitrogens is 4. The summed E-state index contributed by atoms with van der Waals surface area (Å²) < 4.78 is 6.57. The highest BCUT2D eigenvalue weighted by molar-refractivity contribution is 6.04. The van der Waals surface area contributed by atoms with Crippen molar-refractivity contribution in [3.05, 3.63) is 60.9 Å². The first-order valence-electron chi connectivity index (χ1n) is 16.4. The molecule has 1 unspecified atom stereocenters. The minimum absolute atomic E-state index is 0.0650. The number of ether oxygens (including phenoxy) is 1. The van der Waals surface area contributed by atoms with E-state index in [1.54, 1.807) is 57.4 Å². The lowest BCUT2D eigenvalue weighted by Gasteiger charge is -2.36. The smallest absolute Gasteiger partial charge is 0.435 e. The Labute approximate surface area is 284 Å². The van der Waals surface area contributed by atoms with Crippen molar-refractivity contribution in [2.75, 3.05) is 61.3 Å². The second-order valence-electron chi connectivity index (χ2n) is 13.4. The molecule has 2 fully saturated rings. The van der Waals surface area contributed by atoms with Crippen LogP contribution >= 0.6 is 0 Å². The van der Waals surface area contributed by atoms with Crippen molar-refractivity contribution in [1.82, 2.24) is 29.5 Å². The minimum Gasteiger partial charge on any atom is -0.442 e. The number of nitrogens with one attached hydrogen (secondary N) is 2. The Morgan fingerprint density at radius 1 is 0.918 bits per heavy atom. The molecule has 0 aliphatic carbocycles. The third-order valence-corrected chi connectivity index (χ3v) is 8.50. The largest absolute Gasteiger partial charge is 0.442 e. The Kier molecular flexibility index (Phi) is 9.58. The first-order valence-corrected chi connectivity index (χ1v) is 16.4. The van der Waals surface area contributed by atoms with Crippen LogP contribution in [0.3, 0.4) is 0 Å². The lowest BCUT2D eigenvalue weighted by atomic mass is 10.1. The van der Waals surface area contributed by atoms with Gasteiger partial charge in [0.15, 0.2) is 11.6 Å². The van der Waals surface area contributed by atoms with E-state index in [1.807, 2.05) is 21.9 Å². The van der Waals surface area contributed by atoms with Crippen LogP contribution in [0.4, 0.5) is 22.0 Å². The number of piperazine rings is 1. The van der Waals surface area contributed by atoms with E-state index in [0.717, 1.165) is 29.0 Å². The molecule has 2 aliphatic heterocycles. The maximum atomic E-state index is 13.3. The lowest BCUT2D eigenvalue weighted by Crippen LogP contribution is -2.51. The Balaban J connectivity index is 1.01. The van der Waals surface area contributed by atoms with Crippen LogP contribution in [0.5, 0.6) is 0 Å². The van der Waals surface area contributed by atoms with E-state index in [0.29, 0.717) is 55.0 Å². The van der Waals surface area contributed by atoms with E-state index in [4.69, 9.17) is 4.74 Å². The molecule has 256 valence electrons. The van der Waals surface area contributed by atoms with Gasteiger partial charge in [-0.15, -0.1) is 5.10 Å². The van der Waals surface area contributed by atoms with Gasteiger partial charge in [0.2, 0.25) is 17.7 Å². The highest BCUT2D eigenvalue weighted by atomic mass is 16.6. The fourth-order valence-electron chi connectivity index (χ4n) is 6.11. The molecule has 2 aliphatic rings. The lowest BCUT2D eigenvalue weighted by molar-refractivity contribution is -0.132. The normalized spacial score (nSPS) is 16.9. The summed E-state index contributed by atoms with van der Waals surface area (Å²) in [5, 5.41) is 10.4. The number of carbonyl (C=O) groups is 4. The summed E-state index contributed by atoms with van der Waals surface area (Å²) in [5.74, 6) is 0.145. The summed E-state index contributed by atoms with van der Waals surface area (Å²) in [4.78, 5) is 66.0. The molecule has 2 saturated heterocycles. The third-order valence-electron chi connectivity index (χ3n) is 8.50. The van der Waals surface area contributed by atoms with Crippen LogP contribution < -0.4 is 15.5 Å². The molecule has 1 atom stereocenters. The van der Waals surface area contributed by atoms with E-state index in [-0.39, 0.29) is 36.0 Å². The van der Waals surface area contributed by atoms with Crippen molar-refractivity contribution in [1.29, 1.82) is 0 Å². The van der Waals surface area contributed by atoms with Crippen LogP contribution in [0.2, 0.25) is 0 Å². The minimum atomic E-state index is -0.737. The van der Waals surface area contributed by atoms with Gasteiger partial charge in [0, 0.05) is 74.4 Å². The molecule has 0 saturated carbocycles. The molecule has 0 spiro atoms. The topological polar surface area (TPSA) is 155 Å². The molecular weight excluding hydrogens is 626 g/mol. The van der Waals surface area contributed by atoms with Crippen LogP contribution in [0.15, 0.2) is 60.9 Å². The molecular formula is C35H41N9O5. The third kappa shape index (κ3) is 8.03. The van der Waals surface area contributed by atoms with Gasteiger partial charge in [-0.05, 0) is 82.3 Å². The van der Waals surface area contributed by atoms with Gasteiger partial charge in [-0.2, -0.15) is 4.68 Å². The molecule has 49 heavy (non-hydrogen) atoms. The molecule has 4 aromatic rings. The predicted molar refractivity (Wildman–Crippen MR) is 185 cm³/mol. The summed E-state index contributed by atoms with van der Waals surface area (Å²) in [6.07, 6.45) is 3.40. The summed E-state index contributed by atoms with van der Waals surface area (Å²) in [5.41, 5.74) is 2.25. The molecule has 14 nitrogen and oxygen atoms in total. The van der Waals surface area contributed by atoms with Gasteiger partial charge in [-0.3, -0.25) is 19.3 Å². The van der Waals surface area contributed by atoms with Gasteiger partial charge in [-0.1, -0.05) is 0 Å². The van der Waals surface area contributed by atoms with Crippen LogP contribution in [-0.4, -0.2) is 105 Å². The van der Waals surface area contributed by atoms with E-state index in [9.17, 15) is 19.2 Å². The maximum Gasteiger partial charge on any atom is 0.435 e. The first-order chi connectivity index (χ1) is 23.4. The van der Waals surface area contributed by atoms with Crippen LogP contribution in [0.25, 0.3) is 22.3 Å². The van der Waals surface area contributed by atoms with E-state index >= 15 is 0 Å². The molecule has 2 aromatic carbocycles. The number of likely N-dealkylation sites (tertiary alicyclic amines) is 1. The fraction of sp³-hybridized carbons (Fsp3) is 0.400. The standard InChI is InChI=1S/C35H41N9O5/c1-23(45)38-32-28-20-26(8-11-29(28)44(40-32)34(48)49-35(2,3)4)39-33(47)25-12-15-41(21-25)22-30(46)43-18-16-42(17-19-43)27-9-6-24(7-10-27)31-36-13-5-14-37-31/h5-11,13-14,20,25H,12,15-19,21-22H2,1-4H3,(H,39,47)(H,38,40,45). The monoisotopic (exact) mass is 667 g/mol. The second-order valence-corrected chi connectivity index (χ2v) is 13.4. The molecule has 6 rings (SSSR count). The molecule has 2 aromatic heterocycles. The van der Waals surface area contributed by atoms with E-state index in [2.05, 4.69) is 42.7 Å². The van der Waals surface area contributed by atoms with Gasteiger partial charge in [0.25, 0.3) is 0 Å². The van der Waals surface area contributed by atoms with Crippen molar-refractivity contribution in [3.8, 4) is 11.4 Å². The Hall–Kier alpha value is -5.37. The number of nitrogens with zero attached hydrogens (tertiary/aromatic N) is 7. The average Bonchev–Trinajstić information content (AvgIpc) is 3.69. The molecule has 4 heterocycles. The number of benzene rings is 2. The Bertz CT molecular complexity index is 1850. The van der Waals surface area contributed by atoms with Gasteiger partial charge in [-0.25, -0.2) is 14.8 Å². The van der Waals surface area contributed by atoms with Crippen LogP contribution in [0.1, 0.15) is 34.1 Å². The summed E-state index contributed by atoms with van der Waals surface area (Å²) in [6.45, 7) is 10.8. The van der Waals surface area contributed by atoms with Crippen LogP contribution in [0, 0.1) is 5.92 Å². The highest BCUT2D eigenvalue weighted by Crippen LogP contribution is 2.28. The van der Waals surface area contributed by atoms with Crippen molar-refractivity contribution in [2.24, 2.45) is 5.92 Å². The zero-order valence-electron chi connectivity index (χ0n) is 28.2. The fourth-order valence-corrected chi connectivity index (χ4v) is 6.11. The number of rotatable bonds is 7. The quantitative estimate of drug-likeness (QED) is 0.297. The Morgan fingerprint density at radius 2 is 1.63 bits per heavy atom. The van der Waals surface area contributed by atoms with Gasteiger partial charge < -0.3 is 25.2 Å².